The summed E-state index contributed by atoms with van der Waals surface area (Å²) in [6.45, 7) is 1.08. The molecule has 0 saturated heterocycles. The lowest BCUT2D eigenvalue weighted by atomic mass is 9.76. The predicted molar refractivity (Wildman–Crippen MR) is 82.8 cm³/mol. The maximum Gasteiger partial charge on any atom is 0.231 e. The zero-order chi connectivity index (χ0) is 15.8. The van der Waals surface area contributed by atoms with Crippen molar-refractivity contribution in [2.24, 2.45) is 0 Å². The lowest BCUT2D eigenvalue weighted by molar-refractivity contribution is -0.133. The molecule has 0 saturated carbocycles. The van der Waals surface area contributed by atoms with Crippen molar-refractivity contribution in [3.05, 3.63) is 34.9 Å². The monoisotopic (exact) mass is 325 g/mol. The molecule has 24 heavy (non-hydrogen) atoms. The van der Waals surface area contributed by atoms with Crippen LogP contribution in [-0.4, -0.2) is 30.4 Å². The molecule has 3 heterocycles. The molecule has 4 aliphatic rings. The molecule has 0 fully saturated rings. The first-order chi connectivity index (χ1) is 11.8. The number of hydrogen-bond acceptors (Lipinski definition) is 6. The average molecular weight is 325 g/mol. The van der Waals surface area contributed by atoms with E-state index in [2.05, 4.69) is 12.1 Å². The zero-order valence-electron chi connectivity index (χ0n) is 12.9. The third-order valence-electron chi connectivity index (χ3n) is 5.38. The summed E-state index contributed by atoms with van der Waals surface area (Å²) in [7, 11) is 0. The van der Waals surface area contributed by atoms with Crippen molar-refractivity contribution in [3.8, 4) is 34.1 Å². The van der Waals surface area contributed by atoms with Gasteiger partial charge in [0, 0.05) is 17.7 Å². The van der Waals surface area contributed by atoms with E-state index in [0.717, 1.165) is 58.1 Å². The standard InChI is InChI=1S/C18H15NO5/c20-19-4-3-10-6-13-18(24-8-22-13)16-14(10)11(19)5-9-1-2-12-17(15(9)16)23-7-21-12/h1-2,6,11,20H,3-5,7-8H2. The van der Waals surface area contributed by atoms with Crippen LogP contribution in [0.5, 0.6) is 23.0 Å². The van der Waals surface area contributed by atoms with Gasteiger partial charge >= 0.3 is 0 Å². The van der Waals surface area contributed by atoms with E-state index in [1.165, 1.54) is 10.6 Å². The number of benzene rings is 2. The topological polar surface area (TPSA) is 60.4 Å². The molecule has 2 aromatic rings. The van der Waals surface area contributed by atoms with Crippen molar-refractivity contribution in [3.63, 3.8) is 0 Å². The van der Waals surface area contributed by atoms with Crippen molar-refractivity contribution in [1.82, 2.24) is 5.06 Å². The fourth-order valence-corrected chi connectivity index (χ4v) is 4.36. The molecule has 1 N–H and O–H groups in total. The van der Waals surface area contributed by atoms with Gasteiger partial charge in [-0.25, -0.2) is 0 Å². The highest BCUT2D eigenvalue weighted by atomic mass is 16.7. The third-order valence-corrected chi connectivity index (χ3v) is 5.38. The summed E-state index contributed by atoms with van der Waals surface area (Å²) >= 11 is 0. The minimum absolute atomic E-state index is 0.0638. The van der Waals surface area contributed by atoms with Crippen molar-refractivity contribution in [2.45, 2.75) is 18.9 Å². The summed E-state index contributed by atoms with van der Waals surface area (Å²) in [5.41, 5.74) is 5.49. The Hall–Kier alpha value is -2.44. The first-order valence-electron chi connectivity index (χ1n) is 8.14. The Morgan fingerprint density at radius 2 is 1.71 bits per heavy atom. The highest BCUT2D eigenvalue weighted by Gasteiger charge is 2.41. The number of ether oxygens (including phenoxy) is 4. The average Bonchev–Trinajstić information content (AvgIpc) is 3.25. The summed E-state index contributed by atoms with van der Waals surface area (Å²) in [5, 5.41) is 11.9. The van der Waals surface area contributed by atoms with Crippen LogP contribution < -0.4 is 18.9 Å². The number of rotatable bonds is 0. The SMILES string of the molecule is ON1CCc2cc3c(c4c2C1Cc1ccc2c(c1-4)OCO2)OCO3. The van der Waals surface area contributed by atoms with E-state index in [0.29, 0.717) is 6.54 Å². The molecule has 6 rings (SSSR count). The molecule has 0 radical (unpaired) electrons. The van der Waals surface area contributed by atoms with Crippen molar-refractivity contribution >= 4 is 0 Å². The van der Waals surface area contributed by atoms with Gasteiger partial charge in [-0.05, 0) is 41.7 Å². The van der Waals surface area contributed by atoms with Gasteiger partial charge in [-0.3, -0.25) is 0 Å². The Labute approximate surface area is 138 Å². The van der Waals surface area contributed by atoms with Crippen molar-refractivity contribution in [2.75, 3.05) is 20.1 Å². The number of hydroxylamine groups is 2. The van der Waals surface area contributed by atoms with Gasteiger partial charge in [0.15, 0.2) is 23.0 Å². The van der Waals surface area contributed by atoms with Crippen LogP contribution in [0.4, 0.5) is 0 Å². The van der Waals surface area contributed by atoms with Gasteiger partial charge in [0.25, 0.3) is 0 Å². The van der Waals surface area contributed by atoms with Crippen LogP contribution in [0.3, 0.4) is 0 Å². The van der Waals surface area contributed by atoms with Gasteiger partial charge in [-0.2, -0.15) is 5.06 Å². The van der Waals surface area contributed by atoms with Gasteiger partial charge < -0.3 is 24.2 Å². The zero-order valence-corrected chi connectivity index (χ0v) is 12.9. The summed E-state index contributed by atoms with van der Waals surface area (Å²) in [4.78, 5) is 0. The van der Waals surface area contributed by atoms with Gasteiger partial charge in [0.2, 0.25) is 13.6 Å². The molecule has 6 nitrogen and oxygen atoms in total. The second-order valence-electron chi connectivity index (χ2n) is 6.52. The molecule has 1 atom stereocenters. The van der Waals surface area contributed by atoms with E-state index >= 15 is 0 Å². The van der Waals surface area contributed by atoms with E-state index in [9.17, 15) is 5.21 Å². The third kappa shape index (κ3) is 1.48. The Morgan fingerprint density at radius 1 is 0.917 bits per heavy atom. The minimum Gasteiger partial charge on any atom is -0.454 e. The van der Waals surface area contributed by atoms with Crippen LogP contribution in [0.1, 0.15) is 22.7 Å². The Morgan fingerprint density at radius 3 is 2.58 bits per heavy atom. The van der Waals surface area contributed by atoms with Gasteiger partial charge in [0.05, 0.1) is 6.04 Å². The second-order valence-corrected chi connectivity index (χ2v) is 6.52. The fourth-order valence-electron chi connectivity index (χ4n) is 4.36. The number of nitrogens with zero attached hydrogens (tertiary/aromatic N) is 1. The molecule has 2 aromatic carbocycles. The molecule has 0 amide bonds. The molecule has 0 aromatic heterocycles. The van der Waals surface area contributed by atoms with Gasteiger partial charge in [-0.1, -0.05) is 6.07 Å². The van der Waals surface area contributed by atoms with Crippen molar-refractivity contribution < 1.29 is 24.2 Å². The molecule has 0 bridgehead atoms. The lowest BCUT2D eigenvalue weighted by Crippen LogP contribution is -2.36. The highest BCUT2D eigenvalue weighted by molar-refractivity contribution is 5.89. The van der Waals surface area contributed by atoms with Crippen LogP contribution in [0.2, 0.25) is 0 Å². The van der Waals surface area contributed by atoms with Gasteiger partial charge in [0.1, 0.15) is 0 Å². The van der Waals surface area contributed by atoms with Crippen LogP contribution in [-0.2, 0) is 12.8 Å². The summed E-state index contributed by atoms with van der Waals surface area (Å²) < 4.78 is 22.8. The number of fused-ring (bicyclic) bond motifs is 6. The second kappa shape index (κ2) is 4.34. The Bertz CT molecular complexity index is 894. The quantitative estimate of drug-likeness (QED) is 0.803. The first-order valence-corrected chi connectivity index (χ1v) is 8.14. The van der Waals surface area contributed by atoms with Crippen molar-refractivity contribution in [1.29, 1.82) is 0 Å². The van der Waals surface area contributed by atoms with E-state index in [1.807, 2.05) is 6.07 Å². The molecule has 1 aliphatic carbocycles. The van der Waals surface area contributed by atoms with E-state index in [1.54, 1.807) is 0 Å². The predicted octanol–water partition coefficient (Wildman–Crippen LogP) is 2.66. The fraction of sp³-hybridized carbons (Fsp3) is 0.333. The molecule has 0 spiro atoms. The van der Waals surface area contributed by atoms with E-state index < -0.39 is 0 Å². The first kappa shape index (κ1) is 12.9. The molecular formula is C18H15NO5. The van der Waals surface area contributed by atoms with E-state index in [-0.39, 0.29) is 19.6 Å². The smallest absolute Gasteiger partial charge is 0.231 e. The summed E-state index contributed by atoms with van der Waals surface area (Å²) in [6.07, 6.45) is 1.52. The molecule has 122 valence electrons. The lowest BCUT2D eigenvalue weighted by Gasteiger charge is -2.38. The molecule has 1 unspecified atom stereocenters. The largest absolute Gasteiger partial charge is 0.454 e. The van der Waals surface area contributed by atoms with Crippen LogP contribution in [0.25, 0.3) is 11.1 Å². The maximum atomic E-state index is 10.4. The van der Waals surface area contributed by atoms with E-state index in [4.69, 9.17) is 18.9 Å². The number of hydrogen-bond donors (Lipinski definition) is 1. The highest BCUT2D eigenvalue weighted by Crippen LogP contribution is 2.57. The summed E-state index contributed by atoms with van der Waals surface area (Å²) in [6, 6.07) is 6.00. The normalized spacial score (nSPS) is 22.3. The molecular weight excluding hydrogens is 310 g/mol. The molecule has 6 heteroatoms. The maximum absolute atomic E-state index is 10.4. The Balaban J connectivity index is 1.74. The van der Waals surface area contributed by atoms with Gasteiger partial charge in [-0.15, -0.1) is 0 Å². The summed E-state index contributed by atoms with van der Waals surface area (Å²) in [5.74, 6) is 3.05. The van der Waals surface area contributed by atoms with Crippen LogP contribution in [0, 0.1) is 0 Å². The van der Waals surface area contributed by atoms with Crippen LogP contribution >= 0.6 is 0 Å². The minimum atomic E-state index is -0.0638. The molecule has 3 aliphatic heterocycles. The van der Waals surface area contributed by atoms with Crippen LogP contribution in [0.15, 0.2) is 18.2 Å². The Kier molecular flexibility index (Phi) is 2.34.